The first-order valence-electron chi connectivity index (χ1n) is 10.2. The summed E-state index contributed by atoms with van der Waals surface area (Å²) in [5.74, 6) is -1.92. The Labute approximate surface area is 195 Å². The highest BCUT2D eigenvalue weighted by Gasteiger charge is 2.44. The summed E-state index contributed by atoms with van der Waals surface area (Å²) in [6, 6.07) is 6.68. The van der Waals surface area contributed by atoms with Gasteiger partial charge in [-0.15, -0.1) is 5.10 Å². The van der Waals surface area contributed by atoms with E-state index in [1.807, 2.05) is 13.0 Å². The summed E-state index contributed by atoms with van der Waals surface area (Å²) < 4.78 is 7.32. The molecule has 166 valence electrons. The molecule has 0 radical (unpaired) electrons. The molecule has 1 aromatic carbocycles. The van der Waals surface area contributed by atoms with Gasteiger partial charge in [0.05, 0.1) is 18.7 Å². The van der Waals surface area contributed by atoms with Crippen LogP contribution < -0.4 is 5.63 Å². The van der Waals surface area contributed by atoms with Crippen molar-refractivity contribution in [3.63, 3.8) is 0 Å². The molecule has 1 atom stereocenters. The van der Waals surface area contributed by atoms with E-state index >= 15 is 0 Å². The highest BCUT2D eigenvalue weighted by atomic mass is 79.9. The number of carbonyl (C=O) groups is 3. The Morgan fingerprint density at radius 2 is 2.03 bits per heavy atom. The molecule has 0 spiro atoms. The molecule has 5 rings (SSSR count). The van der Waals surface area contributed by atoms with Gasteiger partial charge in [0.15, 0.2) is 5.78 Å². The highest BCUT2D eigenvalue weighted by molar-refractivity contribution is 9.10. The number of rotatable bonds is 5. The normalized spacial score (nSPS) is 17.9. The molecule has 1 aliphatic heterocycles. The van der Waals surface area contributed by atoms with Crippen molar-refractivity contribution in [3.8, 4) is 0 Å². The first-order chi connectivity index (χ1) is 15.8. The predicted molar refractivity (Wildman–Crippen MR) is 120 cm³/mol. The minimum atomic E-state index is -0.731. The Morgan fingerprint density at radius 1 is 1.21 bits per heavy atom. The maximum Gasteiger partial charge on any atom is 0.347 e. The molecular weight excluding hydrogens is 492 g/mol. The van der Waals surface area contributed by atoms with Gasteiger partial charge >= 0.3 is 5.63 Å². The van der Waals surface area contributed by atoms with Crippen molar-refractivity contribution in [2.24, 2.45) is 5.92 Å². The third-order valence-electron chi connectivity index (χ3n) is 5.72. The standard InChI is InChI=1S/C23H17BrN4O5/c1-12-2-5-18-16(6-12)21(30)22(31)28(18)10-15-9-27(26-25-15)11-19(29)17-7-13-3-4-14(24)8-20(13)33-23(17)32/h2-5,7-9,16H,6,10-11H2,1H3. The highest BCUT2D eigenvalue weighted by Crippen LogP contribution is 2.35. The van der Waals surface area contributed by atoms with Crippen molar-refractivity contribution >= 4 is 44.4 Å². The molecule has 2 aromatic heterocycles. The summed E-state index contributed by atoms with van der Waals surface area (Å²) in [6.07, 6.45) is 5.73. The zero-order chi connectivity index (χ0) is 23.3. The molecule has 9 nitrogen and oxygen atoms in total. The second kappa shape index (κ2) is 8.04. The fourth-order valence-electron chi connectivity index (χ4n) is 4.07. The van der Waals surface area contributed by atoms with Crippen LogP contribution in [0.4, 0.5) is 0 Å². The Hall–Kier alpha value is -3.66. The van der Waals surface area contributed by atoms with Crippen molar-refractivity contribution in [1.29, 1.82) is 0 Å². The van der Waals surface area contributed by atoms with Crippen LogP contribution in [0.25, 0.3) is 11.0 Å². The van der Waals surface area contributed by atoms with Crippen LogP contribution in [-0.2, 0) is 22.7 Å². The van der Waals surface area contributed by atoms with Crippen LogP contribution in [-0.4, -0.2) is 37.4 Å². The number of ketones is 2. The van der Waals surface area contributed by atoms with E-state index in [-0.39, 0.29) is 18.7 Å². The Balaban J connectivity index is 1.34. The van der Waals surface area contributed by atoms with Crippen molar-refractivity contribution in [2.45, 2.75) is 26.4 Å². The molecule has 1 fully saturated rings. The zero-order valence-corrected chi connectivity index (χ0v) is 19.0. The van der Waals surface area contributed by atoms with Crippen LogP contribution >= 0.6 is 15.9 Å². The van der Waals surface area contributed by atoms with E-state index in [1.165, 1.54) is 21.8 Å². The average Bonchev–Trinajstić information content (AvgIpc) is 3.31. The monoisotopic (exact) mass is 508 g/mol. The second-order valence-corrected chi connectivity index (χ2v) is 8.99. The smallest absolute Gasteiger partial charge is 0.347 e. The van der Waals surface area contributed by atoms with Crippen molar-refractivity contribution < 1.29 is 18.8 Å². The van der Waals surface area contributed by atoms with Gasteiger partial charge in [0, 0.05) is 15.6 Å². The molecule has 10 heteroatoms. The van der Waals surface area contributed by atoms with E-state index in [4.69, 9.17) is 4.42 Å². The van der Waals surface area contributed by atoms with Crippen LogP contribution in [0.2, 0.25) is 0 Å². The molecule has 1 saturated heterocycles. The summed E-state index contributed by atoms with van der Waals surface area (Å²) in [7, 11) is 0. The average molecular weight is 509 g/mol. The number of amides is 1. The molecular formula is C23H17BrN4O5. The molecule has 33 heavy (non-hydrogen) atoms. The van der Waals surface area contributed by atoms with E-state index in [9.17, 15) is 19.2 Å². The topological polar surface area (TPSA) is 115 Å². The maximum absolute atomic E-state index is 12.7. The Kier molecular flexibility index (Phi) is 5.16. The first kappa shape index (κ1) is 21.2. The van der Waals surface area contributed by atoms with Crippen LogP contribution in [0, 0.1) is 5.92 Å². The second-order valence-electron chi connectivity index (χ2n) is 8.08. The van der Waals surface area contributed by atoms with E-state index in [1.54, 1.807) is 24.3 Å². The quantitative estimate of drug-likeness (QED) is 0.295. The summed E-state index contributed by atoms with van der Waals surface area (Å²) in [4.78, 5) is 51.3. The number of hydrogen-bond acceptors (Lipinski definition) is 7. The fraction of sp³-hybridized carbons (Fsp3) is 0.217. The van der Waals surface area contributed by atoms with Gasteiger partial charge in [0.1, 0.15) is 23.4 Å². The Bertz CT molecular complexity index is 1470. The lowest BCUT2D eigenvalue weighted by Crippen LogP contribution is -2.26. The van der Waals surface area contributed by atoms with Gasteiger partial charge in [-0.05, 0) is 37.6 Å². The van der Waals surface area contributed by atoms with Gasteiger partial charge in [0.2, 0.25) is 5.78 Å². The molecule has 0 bridgehead atoms. The minimum Gasteiger partial charge on any atom is -0.422 e. The van der Waals surface area contributed by atoms with Gasteiger partial charge < -0.3 is 9.32 Å². The van der Waals surface area contributed by atoms with Crippen LogP contribution in [0.3, 0.4) is 0 Å². The van der Waals surface area contributed by atoms with Crippen LogP contribution in [0.1, 0.15) is 29.4 Å². The third kappa shape index (κ3) is 3.86. The number of allylic oxidation sites excluding steroid dienone is 4. The van der Waals surface area contributed by atoms with Gasteiger partial charge in [0.25, 0.3) is 5.91 Å². The number of benzene rings is 1. The van der Waals surface area contributed by atoms with Crippen molar-refractivity contribution in [2.75, 3.05) is 0 Å². The van der Waals surface area contributed by atoms with E-state index in [0.717, 1.165) is 10.0 Å². The Morgan fingerprint density at radius 3 is 2.85 bits per heavy atom. The molecule has 3 aromatic rings. The summed E-state index contributed by atoms with van der Waals surface area (Å²) in [6.45, 7) is 1.77. The molecule has 0 saturated carbocycles. The van der Waals surface area contributed by atoms with Gasteiger partial charge in [-0.1, -0.05) is 38.9 Å². The number of halogens is 1. The lowest BCUT2D eigenvalue weighted by Gasteiger charge is -2.20. The summed E-state index contributed by atoms with van der Waals surface area (Å²) >= 11 is 3.31. The number of fused-ring (bicyclic) bond motifs is 2. The first-order valence-corrected chi connectivity index (χ1v) is 11.0. The van der Waals surface area contributed by atoms with E-state index < -0.39 is 29.0 Å². The maximum atomic E-state index is 12.7. The minimum absolute atomic E-state index is 0.0704. The van der Waals surface area contributed by atoms with Gasteiger partial charge in [-0.2, -0.15) is 0 Å². The number of hydrogen-bond donors (Lipinski definition) is 0. The predicted octanol–water partition coefficient (Wildman–Crippen LogP) is 2.79. The summed E-state index contributed by atoms with van der Waals surface area (Å²) in [5.41, 5.74) is 1.68. The lowest BCUT2D eigenvalue weighted by atomic mass is 9.91. The third-order valence-corrected chi connectivity index (χ3v) is 6.21. The number of nitrogens with zero attached hydrogens (tertiary/aromatic N) is 4. The zero-order valence-electron chi connectivity index (χ0n) is 17.4. The van der Waals surface area contributed by atoms with Crippen molar-refractivity contribution in [1.82, 2.24) is 19.9 Å². The largest absolute Gasteiger partial charge is 0.422 e. The number of Topliss-reactive ketones (excluding diaryl/α,β-unsaturated/α-hetero) is 2. The summed E-state index contributed by atoms with van der Waals surface area (Å²) in [5, 5.41) is 8.59. The molecule has 3 heterocycles. The number of likely N-dealkylation sites (tertiary alicyclic amines) is 1. The van der Waals surface area contributed by atoms with E-state index in [2.05, 4.69) is 26.2 Å². The van der Waals surface area contributed by atoms with Gasteiger partial charge in [-0.3, -0.25) is 14.4 Å². The van der Waals surface area contributed by atoms with Crippen LogP contribution in [0.15, 0.2) is 67.6 Å². The molecule has 2 aliphatic rings. The van der Waals surface area contributed by atoms with Crippen molar-refractivity contribution in [3.05, 3.63) is 80.0 Å². The fourth-order valence-corrected chi connectivity index (χ4v) is 4.41. The SMILES string of the molecule is CC1=CC=C2C(C1)C(=O)C(=O)N2Cc1cn(CC(=O)c2cc3ccc(Br)cc3oc2=O)nn1. The lowest BCUT2D eigenvalue weighted by molar-refractivity contribution is -0.140. The molecule has 1 aliphatic carbocycles. The molecule has 1 unspecified atom stereocenters. The molecule has 1 amide bonds. The van der Waals surface area contributed by atoms with Crippen LogP contribution in [0.5, 0.6) is 0 Å². The number of aromatic nitrogens is 3. The number of carbonyl (C=O) groups excluding carboxylic acids is 3. The van der Waals surface area contributed by atoms with Gasteiger partial charge in [-0.25, -0.2) is 9.48 Å². The molecule has 0 N–H and O–H groups in total. The van der Waals surface area contributed by atoms with E-state index in [0.29, 0.717) is 28.8 Å².